The number of thiophene rings is 1. The zero-order valence-corrected chi connectivity index (χ0v) is 14.3. The van der Waals surface area contributed by atoms with Crippen LogP contribution in [0.3, 0.4) is 0 Å². The molecule has 2 aromatic rings. The molecule has 0 spiro atoms. The summed E-state index contributed by atoms with van der Waals surface area (Å²) in [7, 11) is 1.80. The summed E-state index contributed by atoms with van der Waals surface area (Å²) in [5, 5.41) is 3.05. The van der Waals surface area contributed by atoms with Gasteiger partial charge in [-0.2, -0.15) is 4.31 Å². The van der Waals surface area contributed by atoms with Gasteiger partial charge in [-0.3, -0.25) is 0 Å². The lowest BCUT2D eigenvalue weighted by atomic mass is 10.3. The van der Waals surface area contributed by atoms with Crippen LogP contribution in [0.4, 0.5) is 0 Å². The maximum Gasteiger partial charge on any atom is 0.252 e. The van der Waals surface area contributed by atoms with E-state index >= 15 is 0 Å². The highest BCUT2D eigenvalue weighted by molar-refractivity contribution is 7.91. The highest BCUT2D eigenvalue weighted by Gasteiger charge is 2.25. The number of hydrogen-bond donors (Lipinski definition) is 1. The first-order valence-corrected chi connectivity index (χ1v) is 8.78. The minimum atomic E-state index is -3.48. The normalized spacial score (nSPS) is 12.2. The summed E-state index contributed by atoms with van der Waals surface area (Å²) >= 11 is 1.32. The molecule has 1 N–H and O–H groups in total. The third kappa shape index (κ3) is 3.34. The molecule has 0 saturated heterocycles. The van der Waals surface area contributed by atoms with Gasteiger partial charge >= 0.3 is 0 Å². The Balaban J connectivity index is 2.24. The second-order valence-electron chi connectivity index (χ2n) is 4.92. The highest BCUT2D eigenvalue weighted by Crippen LogP contribution is 2.28. The summed E-state index contributed by atoms with van der Waals surface area (Å²) in [6, 6.07) is 1.74. The molecule has 0 saturated carbocycles. The zero-order chi connectivity index (χ0) is 15.6. The Hall–Kier alpha value is -1.22. The number of aromatic nitrogens is 2. The molecule has 116 valence electrons. The number of hydrogen-bond acceptors (Lipinski definition) is 5. The fraction of sp³-hybridized carbons (Fsp3) is 0.462. The van der Waals surface area contributed by atoms with Crippen LogP contribution in [0.1, 0.15) is 16.3 Å². The van der Waals surface area contributed by atoms with Gasteiger partial charge in [-0.25, -0.2) is 13.4 Å². The van der Waals surface area contributed by atoms with Crippen molar-refractivity contribution in [1.82, 2.24) is 19.2 Å². The molecule has 0 bridgehead atoms. The molecule has 21 heavy (non-hydrogen) atoms. The van der Waals surface area contributed by atoms with Crippen molar-refractivity contribution in [3.63, 3.8) is 0 Å². The van der Waals surface area contributed by atoms with Crippen LogP contribution in [-0.4, -0.2) is 36.4 Å². The second-order valence-corrected chi connectivity index (χ2v) is 8.33. The van der Waals surface area contributed by atoms with E-state index < -0.39 is 10.0 Å². The average Bonchev–Trinajstić information content (AvgIpc) is 2.98. The van der Waals surface area contributed by atoms with Gasteiger partial charge in [0, 0.05) is 37.9 Å². The van der Waals surface area contributed by atoms with Gasteiger partial charge in [0.05, 0.1) is 6.54 Å². The Labute approximate surface area is 129 Å². The largest absolute Gasteiger partial charge is 0.337 e. The monoisotopic (exact) mass is 328 g/mol. The molecule has 2 rings (SSSR count). The predicted octanol–water partition coefficient (Wildman–Crippen LogP) is 1.33. The predicted molar refractivity (Wildman–Crippen MR) is 83.7 cm³/mol. The number of sulfonamides is 1. The molecule has 2 aromatic heterocycles. The minimum Gasteiger partial charge on any atom is -0.337 e. The van der Waals surface area contributed by atoms with Crippen molar-refractivity contribution in [2.75, 3.05) is 14.1 Å². The molecule has 0 aliphatic rings. The lowest BCUT2D eigenvalue weighted by Crippen LogP contribution is -2.27. The van der Waals surface area contributed by atoms with Crippen LogP contribution in [0.25, 0.3) is 0 Å². The third-order valence-corrected chi connectivity index (χ3v) is 6.77. The molecule has 2 heterocycles. The molecular formula is C13H20N4O2S2. The molecule has 0 amide bonds. The van der Waals surface area contributed by atoms with Gasteiger partial charge in [-0.05, 0) is 25.6 Å². The van der Waals surface area contributed by atoms with Gasteiger partial charge in [-0.15, -0.1) is 11.3 Å². The van der Waals surface area contributed by atoms with Crippen molar-refractivity contribution in [2.24, 2.45) is 7.05 Å². The van der Waals surface area contributed by atoms with Crippen molar-refractivity contribution in [3.05, 3.63) is 34.7 Å². The first-order chi connectivity index (χ1) is 9.86. The van der Waals surface area contributed by atoms with E-state index in [0.29, 0.717) is 16.6 Å². The van der Waals surface area contributed by atoms with E-state index in [0.717, 1.165) is 10.4 Å². The van der Waals surface area contributed by atoms with E-state index in [1.807, 2.05) is 25.6 Å². The minimum absolute atomic E-state index is 0.254. The van der Waals surface area contributed by atoms with E-state index in [1.54, 1.807) is 25.5 Å². The molecular weight excluding hydrogens is 308 g/mol. The molecule has 0 radical (unpaired) electrons. The van der Waals surface area contributed by atoms with Gasteiger partial charge < -0.3 is 9.88 Å². The number of aryl methyl sites for hydroxylation is 2. The van der Waals surface area contributed by atoms with Crippen molar-refractivity contribution in [3.8, 4) is 0 Å². The van der Waals surface area contributed by atoms with Crippen LogP contribution in [0.15, 0.2) is 22.7 Å². The maximum atomic E-state index is 12.6. The maximum absolute atomic E-state index is 12.6. The molecule has 0 aliphatic carbocycles. The van der Waals surface area contributed by atoms with E-state index in [1.165, 1.54) is 15.6 Å². The Bertz CT molecular complexity index is 718. The summed E-state index contributed by atoms with van der Waals surface area (Å²) in [5.41, 5.74) is 0.998. The first-order valence-electron chi connectivity index (χ1n) is 6.52. The molecule has 0 aromatic carbocycles. The molecule has 0 atom stereocenters. The van der Waals surface area contributed by atoms with Gasteiger partial charge in [-0.1, -0.05) is 0 Å². The quantitative estimate of drug-likeness (QED) is 0.869. The lowest BCUT2D eigenvalue weighted by molar-refractivity contribution is 0.453. The van der Waals surface area contributed by atoms with Crippen molar-refractivity contribution < 1.29 is 8.42 Å². The van der Waals surface area contributed by atoms with Gasteiger partial charge in [0.2, 0.25) is 0 Å². The smallest absolute Gasteiger partial charge is 0.252 e. The summed E-state index contributed by atoms with van der Waals surface area (Å²) in [6.45, 7) is 2.86. The van der Waals surface area contributed by atoms with E-state index in [9.17, 15) is 8.42 Å². The van der Waals surface area contributed by atoms with Gasteiger partial charge in [0.15, 0.2) is 0 Å². The zero-order valence-electron chi connectivity index (χ0n) is 12.6. The van der Waals surface area contributed by atoms with Crippen LogP contribution in [0, 0.1) is 6.92 Å². The standard InChI is InChI=1S/C13H20N4O2S2/c1-10-7-13(20-11(10)8-14-2)21(18,19)17(4)9-12-15-5-6-16(12)3/h5-7,14H,8-9H2,1-4H3. The first kappa shape index (κ1) is 16.2. The second kappa shape index (κ2) is 6.27. The van der Waals surface area contributed by atoms with Crippen LogP contribution < -0.4 is 5.32 Å². The Morgan fingerprint density at radius 3 is 2.76 bits per heavy atom. The van der Waals surface area contributed by atoms with Crippen molar-refractivity contribution in [1.29, 1.82) is 0 Å². The third-order valence-electron chi connectivity index (χ3n) is 3.28. The van der Waals surface area contributed by atoms with E-state index in [-0.39, 0.29) is 6.54 Å². The van der Waals surface area contributed by atoms with Crippen LogP contribution in [0.5, 0.6) is 0 Å². The Morgan fingerprint density at radius 2 is 2.19 bits per heavy atom. The van der Waals surface area contributed by atoms with E-state index in [2.05, 4.69) is 10.3 Å². The van der Waals surface area contributed by atoms with Crippen LogP contribution in [0.2, 0.25) is 0 Å². The number of imidazole rings is 1. The van der Waals surface area contributed by atoms with Crippen molar-refractivity contribution >= 4 is 21.4 Å². The number of rotatable bonds is 6. The van der Waals surface area contributed by atoms with Gasteiger partial charge in [0.1, 0.15) is 10.0 Å². The van der Waals surface area contributed by atoms with E-state index in [4.69, 9.17) is 0 Å². The Kier molecular flexibility index (Phi) is 4.82. The topological polar surface area (TPSA) is 67.2 Å². The summed E-state index contributed by atoms with van der Waals surface area (Å²) in [5.74, 6) is 0.713. The summed E-state index contributed by atoms with van der Waals surface area (Å²) < 4.78 is 28.8. The molecule has 0 unspecified atom stereocenters. The van der Waals surface area contributed by atoms with Gasteiger partial charge in [0.25, 0.3) is 10.0 Å². The lowest BCUT2D eigenvalue weighted by Gasteiger charge is -2.15. The SMILES string of the molecule is CNCc1sc(S(=O)(=O)N(C)Cc2nccn2C)cc1C. The fourth-order valence-electron chi connectivity index (χ4n) is 1.94. The number of nitrogens with zero attached hydrogens (tertiary/aromatic N) is 3. The average molecular weight is 328 g/mol. The van der Waals surface area contributed by atoms with Crippen LogP contribution in [-0.2, 0) is 30.2 Å². The Morgan fingerprint density at radius 1 is 1.48 bits per heavy atom. The summed E-state index contributed by atoms with van der Waals surface area (Å²) in [4.78, 5) is 5.21. The fourth-order valence-corrected chi connectivity index (χ4v) is 4.88. The molecule has 8 heteroatoms. The van der Waals surface area contributed by atoms with Crippen molar-refractivity contribution in [2.45, 2.75) is 24.2 Å². The van der Waals surface area contributed by atoms with Crippen LogP contribution >= 0.6 is 11.3 Å². The summed E-state index contributed by atoms with van der Waals surface area (Å²) in [6.07, 6.45) is 3.46. The molecule has 0 aliphatic heterocycles. The number of nitrogens with one attached hydrogen (secondary N) is 1. The molecule has 6 nitrogen and oxygen atoms in total. The highest BCUT2D eigenvalue weighted by atomic mass is 32.2. The molecule has 0 fully saturated rings.